The number of anilines is 2. The first-order chi connectivity index (χ1) is 12.6. The maximum atomic E-state index is 13.0. The molecule has 0 bridgehead atoms. The minimum Gasteiger partial charge on any atom is -0.337 e. The smallest absolute Gasteiger partial charge is 0.231 e. The maximum Gasteiger partial charge on any atom is 0.231 e. The Morgan fingerprint density at radius 1 is 1.12 bits per heavy atom. The standard InChI is InChI=1S/C19H16ClN3O2S/c20-14-7-8-18-16(12-14)23(15-4-1-2-5-17(15)26(18)25)19(24)6-3-10-22-11-9-21-13-22/h1-2,4-5,7-9,11-13H,3,6,10H2. The molecule has 26 heavy (non-hydrogen) atoms. The number of carbonyl (C=O) groups is 1. The zero-order valence-corrected chi connectivity index (χ0v) is 15.4. The second kappa shape index (κ2) is 7.05. The Kier molecular flexibility index (Phi) is 4.61. The van der Waals surface area contributed by atoms with Crippen LogP contribution >= 0.6 is 11.6 Å². The van der Waals surface area contributed by atoms with E-state index >= 15 is 0 Å². The number of amides is 1. The molecular formula is C19H16ClN3O2S. The van der Waals surface area contributed by atoms with Crippen LogP contribution in [0.2, 0.25) is 5.02 Å². The summed E-state index contributed by atoms with van der Waals surface area (Å²) in [6.07, 6.45) is 6.38. The molecule has 0 saturated carbocycles. The Morgan fingerprint density at radius 2 is 1.92 bits per heavy atom. The summed E-state index contributed by atoms with van der Waals surface area (Å²) in [6.45, 7) is 0.718. The molecular weight excluding hydrogens is 370 g/mol. The van der Waals surface area contributed by atoms with Crippen LogP contribution in [0.5, 0.6) is 0 Å². The minimum absolute atomic E-state index is 0.0437. The molecule has 2 heterocycles. The lowest BCUT2D eigenvalue weighted by Gasteiger charge is -2.31. The highest BCUT2D eigenvalue weighted by Gasteiger charge is 2.31. The predicted octanol–water partition coefficient (Wildman–Crippen LogP) is 4.16. The van der Waals surface area contributed by atoms with Gasteiger partial charge in [0, 0.05) is 30.4 Å². The number of hydrogen-bond donors (Lipinski definition) is 0. The van der Waals surface area contributed by atoms with Gasteiger partial charge in [0.2, 0.25) is 5.91 Å². The molecule has 4 rings (SSSR count). The number of fused-ring (bicyclic) bond motifs is 2. The molecule has 3 aromatic rings. The average Bonchev–Trinajstić information content (AvgIpc) is 3.15. The van der Waals surface area contributed by atoms with Crippen LogP contribution in [-0.2, 0) is 22.1 Å². The van der Waals surface area contributed by atoms with Gasteiger partial charge in [-0.2, -0.15) is 0 Å². The van der Waals surface area contributed by atoms with Crippen molar-refractivity contribution in [1.82, 2.24) is 9.55 Å². The number of benzene rings is 2. The molecule has 0 N–H and O–H groups in total. The quantitative estimate of drug-likeness (QED) is 0.677. The molecule has 0 saturated heterocycles. The van der Waals surface area contributed by atoms with Crippen molar-refractivity contribution in [3.63, 3.8) is 0 Å². The van der Waals surface area contributed by atoms with Crippen LogP contribution in [0.4, 0.5) is 11.4 Å². The van der Waals surface area contributed by atoms with Crippen LogP contribution in [0, 0.1) is 0 Å². The van der Waals surface area contributed by atoms with Crippen molar-refractivity contribution in [1.29, 1.82) is 0 Å². The molecule has 0 fully saturated rings. The molecule has 2 aromatic carbocycles. The highest BCUT2D eigenvalue weighted by Crippen LogP contribution is 2.43. The number of aromatic nitrogens is 2. The van der Waals surface area contributed by atoms with Gasteiger partial charge in [0.1, 0.15) is 0 Å². The molecule has 1 aliphatic heterocycles. The van der Waals surface area contributed by atoms with E-state index in [0.29, 0.717) is 39.0 Å². The van der Waals surface area contributed by atoms with Crippen LogP contribution in [-0.4, -0.2) is 19.7 Å². The maximum absolute atomic E-state index is 13.0. The Bertz CT molecular complexity index is 988. The van der Waals surface area contributed by atoms with Gasteiger partial charge in [-0.25, -0.2) is 9.19 Å². The van der Waals surface area contributed by atoms with Gasteiger partial charge in [0.05, 0.1) is 38.3 Å². The molecule has 0 spiro atoms. The molecule has 7 heteroatoms. The number of hydrogen-bond acceptors (Lipinski definition) is 3. The third kappa shape index (κ3) is 3.06. The first kappa shape index (κ1) is 17.0. The lowest BCUT2D eigenvalue weighted by atomic mass is 10.2. The summed E-state index contributed by atoms with van der Waals surface area (Å²) in [5, 5.41) is 0.511. The van der Waals surface area contributed by atoms with E-state index in [1.807, 2.05) is 29.0 Å². The first-order valence-electron chi connectivity index (χ1n) is 8.24. The van der Waals surface area contributed by atoms with E-state index in [1.54, 1.807) is 41.7 Å². The normalized spacial score (nSPS) is 15.4. The summed E-state index contributed by atoms with van der Waals surface area (Å²) in [5.74, 6) is -0.0437. The lowest BCUT2D eigenvalue weighted by Crippen LogP contribution is -2.30. The van der Waals surface area contributed by atoms with Crippen LogP contribution in [0.1, 0.15) is 12.8 Å². The van der Waals surface area contributed by atoms with E-state index in [9.17, 15) is 9.00 Å². The summed E-state index contributed by atoms with van der Waals surface area (Å²) in [4.78, 5) is 19.9. The fraction of sp³-hybridized carbons (Fsp3) is 0.158. The van der Waals surface area contributed by atoms with Gasteiger partial charge in [0.15, 0.2) is 0 Å². The third-order valence-corrected chi connectivity index (χ3v) is 6.01. The molecule has 1 unspecified atom stereocenters. The SMILES string of the molecule is O=C(CCCn1ccnc1)N1c2ccccc2S(=O)c2ccc(Cl)cc21. The van der Waals surface area contributed by atoms with Crippen molar-refractivity contribution in [2.45, 2.75) is 29.2 Å². The molecule has 5 nitrogen and oxygen atoms in total. The monoisotopic (exact) mass is 385 g/mol. The van der Waals surface area contributed by atoms with Crippen molar-refractivity contribution in [3.05, 3.63) is 66.2 Å². The van der Waals surface area contributed by atoms with Crippen molar-refractivity contribution in [3.8, 4) is 0 Å². The number of aryl methyl sites for hydroxylation is 1. The predicted molar refractivity (Wildman–Crippen MR) is 101 cm³/mol. The molecule has 1 amide bonds. The van der Waals surface area contributed by atoms with E-state index in [2.05, 4.69) is 4.98 Å². The Labute approximate surface area is 158 Å². The van der Waals surface area contributed by atoms with E-state index in [1.165, 1.54) is 0 Å². The van der Waals surface area contributed by atoms with E-state index in [0.717, 1.165) is 6.54 Å². The lowest BCUT2D eigenvalue weighted by molar-refractivity contribution is -0.118. The molecule has 1 aromatic heterocycles. The van der Waals surface area contributed by atoms with Gasteiger partial charge < -0.3 is 4.57 Å². The molecule has 1 aliphatic rings. The Hall–Kier alpha value is -2.44. The highest BCUT2D eigenvalue weighted by atomic mass is 35.5. The fourth-order valence-electron chi connectivity index (χ4n) is 3.08. The topological polar surface area (TPSA) is 55.2 Å². The van der Waals surface area contributed by atoms with Crippen molar-refractivity contribution in [2.24, 2.45) is 0 Å². The van der Waals surface area contributed by atoms with Gasteiger partial charge in [-0.3, -0.25) is 9.69 Å². The van der Waals surface area contributed by atoms with E-state index < -0.39 is 10.8 Å². The molecule has 0 aliphatic carbocycles. The summed E-state index contributed by atoms with van der Waals surface area (Å²) in [7, 11) is -1.33. The van der Waals surface area contributed by atoms with Crippen LogP contribution in [0.3, 0.4) is 0 Å². The summed E-state index contributed by atoms with van der Waals surface area (Å²) < 4.78 is 14.8. The zero-order valence-electron chi connectivity index (χ0n) is 13.8. The van der Waals surface area contributed by atoms with E-state index in [4.69, 9.17) is 11.6 Å². The Morgan fingerprint density at radius 3 is 2.73 bits per heavy atom. The second-order valence-corrected chi connectivity index (χ2v) is 7.84. The van der Waals surface area contributed by atoms with Crippen LogP contribution in [0.15, 0.2) is 71.0 Å². The number of nitrogens with zero attached hydrogens (tertiary/aromatic N) is 3. The largest absolute Gasteiger partial charge is 0.337 e. The summed E-state index contributed by atoms with van der Waals surface area (Å²) >= 11 is 6.15. The minimum atomic E-state index is -1.33. The first-order valence-corrected chi connectivity index (χ1v) is 9.77. The summed E-state index contributed by atoms with van der Waals surface area (Å²) in [6, 6.07) is 12.4. The van der Waals surface area contributed by atoms with Gasteiger partial charge >= 0.3 is 0 Å². The van der Waals surface area contributed by atoms with Crippen molar-refractivity contribution in [2.75, 3.05) is 4.90 Å². The molecule has 1 atom stereocenters. The average molecular weight is 386 g/mol. The second-order valence-electron chi connectivity index (χ2n) is 5.98. The number of rotatable bonds is 4. The van der Waals surface area contributed by atoms with E-state index in [-0.39, 0.29) is 5.91 Å². The fourth-order valence-corrected chi connectivity index (χ4v) is 4.57. The zero-order chi connectivity index (χ0) is 18.1. The molecule has 0 radical (unpaired) electrons. The van der Waals surface area contributed by atoms with Gasteiger partial charge in [-0.1, -0.05) is 23.7 Å². The number of imidazole rings is 1. The Balaban J connectivity index is 1.66. The number of halogens is 1. The summed E-state index contributed by atoms with van der Waals surface area (Å²) in [5.41, 5.74) is 1.26. The van der Waals surface area contributed by atoms with Crippen molar-refractivity contribution < 1.29 is 9.00 Å². The number of para-hydroxylation sites is 1. The molecule has 132 valence electrons. The van der Waals surface area contributed by atoms with Gasteiger partial charge in [0.25, 0.3) is 0 Å². The van der Waals surface area contributed by atoms with Crippen LogP contribution < -0.4 is 4.90 Å². The number of carbonyl (C=O) groups excluding carboxylic acids is 1. The van der Waals surface area contributed by atoms with Crippen molar-refractivity contribution >= 4 is 39.7 Å². The highest BCUT2D eigenvalue weighted by molar-refractivity contribution is 7.85. The van der Waals surface area contributed by atoms with Gasteiger partial charge in [-0.05, 0) is 36.8 Å². The van der Waals surface area contributed by atoms with Crippen LogP contribution in [0.25, 0.3) is 0 Å². The van der Waals surface area contributed by atoms with Gasteiger partial charge in [-0.15, -0.1) is 0 Å². The third-order valence-electron chi connectivity index (χ3n) is 4.28.